The normalized spacial score (nSPS) is 14.0. The van der Waals surface area contributed by atoms with Crippen LogP contribution in [-0.2, 0) is 17.3 Å². The molecule has 4 N–H and O–H groups in total. The first kappa shape index (κ1) is 30.2. The molecule has 0 unspecified atom stereocenters. The van der Waals surface area contributed by atoms with Gasteiger partial charge in [0.25, 0.3) is 5.91 Å². The van der Waals surface area contributed by atoms with E-state index in [9.17, 15) is 22.8 Å². The lowest BCUT2D eigenvalue weighted by atomic mass is 10.0. The summed E-state index contributed by atoms with van der Waals surface area (Å²) in [4.78, 5) is 34.3. The van der Waals surface area contributed by atoms with E-state index >= 15 is 0 Å². The summed E-state index contributed by atoms with van der Waals surface area (Å²) in [5.74, 6) is -0.703. The van der Waals surface area contributed by atoms with Crippen molar-refractivity contribution in [1.82, 2.24) is 29.5 Å². The minimum Gasteiger partial charge on any atom is -0.378 e. The lowest BCUT2D eigenvalue weighted by Gasteiger charge is -2.13. The first-order valence-corrected chi connectivity index (χ1v) is 14.2. The number of rotatable bonds is 11. The van der Waals surface area contributed by atoms with Crippen LogP contribution in [0.3, 0.4) is 0 Å². The van der Waals surface area contributed by atoms with E-state index in [0.717, 1.165) is 29.3 Å². The number of aromatic nitrogens is 5. The smallest absolute Gasteiger partial charge is 0.378 e. The number of halogens is 3. The SMILES string of the molecule is CCc1cc(Nc2nccn3c(-c4cn(C(=O)C5CCCC5)nc4C(F)(F)F)cnc23)ccc1C(=O)NCCOCCN. The van der Waals surface area contributed by atoms with E-state index in [-0.39, 0.29) is 28.7 Å². The number of ether oxygens (including phenoxy) is 1. The van der Waals surface area contributed by atoms with Crippen LogP contribution in [-0.4, -0.2) is 62.3 Å². The fourth-order valence-electron chi connectivity index (χ4n) is 5.29. The molecule has 4 aromatic rings. The summed E-state index contributed by atoms with van der Waals surface area (Å²) in [5, 5.41) is 9.67. The molecule has 0 bridgehead atoms. The molecule has 14 heteroatoms. The second-order valence-electron chi connectivity index (χ2n) is 10.3. The first-order chi connectivity index (χ1) is 20.7. The van der Waals surface area contributed by atoms with E-state index in [2.05, 4.69) is 25.7 Å². The Morgan fingerprint density at radius 1 is 1.16 bits per heavy atom. The number of carbonyl (C=O) groups excluding carboxylic acids is 2. The van der Waals surface area contributed by atoms with Gasteiger partial charge in [-0.3, -0.25) is 14.0 Å². The van der Waals surface area contributed by atoms with Gasteiger partial charge in [0.1, 0.15) is 0 Å². The topological polar surface area (TPSA) is 141 Å². The lowest BCUT2D eigenvalue weighted by Crippen LogP contribution is -2.28. The maximum Gasteiger partial charge on any atom is 0.435 e. The molecule has 1 amide bonds. The van der Waals surface area contributed by atoms with Gasteiger partial charge in [0.2, 0.25) is 5.91 Å². The van der Waals surface area contributed by atoms with Gasteiger partial charge in [0.15, 0.2) is 17.2 Å². The number of alkyl halides is 3. The van der Waals surface area contributed by atoms with Gasteiger partial charge in [-0.15, -0.1) is 0 Å². The van der Waals surface area contributed by atoms with E-state index in [1.807, 2.05) is 13.0 Å². The second-order valence-corrected chi connectivity index (χ2v) is 10.3. The van der Waals surface area contributed by atoms with Gasteiger partial charge < -0.3 is 21.1 Å². The van der Waals surface area contributed by atoms with Gasteiger partial charge in [0.05, 0.1) is 30.7 Å². The van der Waals surface area contributed by atoms with Crippen molar-refractivity contribution in [3.05, 3.63) is 59.8 Å². The Balaban J connectivity index is 1.41. The number of hydrogen-bond acceptors (Lipinski definition) is 8. The van der Waals surface area contributed by atoms with Crippen molar-refractivity contribution in [2.24, 2.45) is 11.7 Å². The Hall–Kier alpha value is -4.30. The van der Waals surface area contributed by atoms with Crippen LogP contribution in [0.25, 0.3) is 16.9 Å². The van der Waals surface area contributed by atoms with Crippen LogP contribution in [0.5, 0.6) is 0 Å². The molecule has 1 aliphatic carbocycles. The van der Waals surface area contributed by atoms with Crippen LogP contribution in [0, 0.1) is 5.92 Å². The van der Waals surface area contributed by atoms with Crippen LogP contribution in [0.15, 0.2) is 43.0 Å². The highest BCUT2D eigenvalue weighted by Crippen LogP contribution is 2.37. The molecule has 43 heavy (non-hydrogen) atoms. The Morgan fingerprint density at radius 3 is 2.67 bits per heavy atom. The van der Waals surface area contributed by atoms with Crippen LogP contribution < -0.4 is 16.4 Å². The van der Waals surface area contributed by atoms with Crippen LogP contribution in [0.2, 0.25) is 0 Å². The highest BCUT2D eigenvalue weighted by atomic mass is 19.4. The average Bonchev–Trinajstić information content (AvgIpc) is 3.76. The van der Waals surface area contributed by atoms with E-state index in [1.54, 1.807) is 12.1 Å². The number of anilines is 2. The number of imidazole rings is 1. The number of aryl methyl sites for hydroxylation is 1. The first-order valence-electron chi connectivity index (χ1n) is 14.2. The van der Waals surface area contributed by atoms with Crippen molar-refractivity contribution in [1.29, 1.82) is 0 Å². The van der Waals surface area contributed by atoms with Gasteiger partial charge >= 0.3 is 6.18 Å². The maximum absolute atomic E-state index is 14.1. The molecule has 0 atom stereocenters. The maximum atomic E-state index is 14.1. The number of carbonyl (C=O) groups is 2. The summed E-state index contributed by atoms with van der Waals surface area (Å²) in [6.45, 7) is 3.46. The molecule has 0 radical (unpaired) electrons. The van der Waals surface area contributed by atoms with Crippen molar-refractivity contribution in [3.63, 3.8) is 0 Å². The number of nitrogens with one attached hydrogen (secondary N) is 2. The molecule has 0 spiro atoms. The van der Waals surface area contributed by atoms with E-state index in [4.69, 9.17) is 10.5 Å². The van der Waals surface area contributed by atoms with Crippen LogP contribution >= 0.6 is 0 Å². The minimum atomic E-state index is -4.78. The molecule has 1 aromatic carbocycles. The van der Waals surface area contributed by atoms with Gasteiger partial charge in [-0.2, -0.15) is 18.3 Å². The number of fused-ring (bicyclic) bond motifs is 1. The van der Waals surface area contributed by atoms with E-state index in [1.165, 1.54) is 23.0 Å². The molecule has 1 saturated carbocycles. The zero-order valence-corrected chi connectivity index (χ0v) is 23.7. The number of amides is 1. The molecule has 1 aliphatic rings. The quantitative estimate of drug-likeness (QED) is 0.215. The molecule has 11 nitrogen and oxygen atoms in total. The monoisotopic (exact) mass is 598 g/mol. The molecule has 0 aliphatic heterocycles. The third-order valence-corrected chi connectivity index (χ3v) is 7.40. The van der Waals surface area contributed by atoms with Gasteiger partial charge in [-0.05, 0) is 43.0 Å². The summed E-state index contributed by atoms with van der Waals surface area (Å²) in [6, 6.07) is 5.23. The fraction of sp³-hybridized carbons (Fsp3) is 0.414. The number of nitrogens with two attached hydrogens (primary N) is 1. The van der Waals surface area contributed by atoms with Crippen molar-refractivity contribution in [2.45, 2.75) is 45.2 Å². The average molecular weight is 599 g/mol. The molecular formula is C29H33F3N8O3. The molecule has 1 fully saturated rings. The molecule has 5 rings (SSSR count). The summed E-state index contributed by atoms with van der Waals surface area (Å²) in [7, 11) is 0. The van der Waals surface area contributed by atoms with E-state index < -0.39 is 17.8 Å². The fourth-order valence-corrected chi connectivity index (χ4v) is 5.29. The molecule has 3 heterocycles. The Morgan fingerprint density at radius 2 is 1.95 bits per heavy atom. The molecule has 228 valence electrons. The van der Waals surface area contributed by atoms with Crippen molar-refractivity contribution < 1.29 is 27.5 Å². The van der Waals surface area contributed by atoms with Gasteiger partial charge in [-0.1, -0.05) is 19.8 Å². The van der Waals surface area contributed by atoms with Crippen LogP contribution in [0.1, 0.15) is 59.0 Å². The second kappa shape index (κ2) is 12.9. The van der Waals surface area contributed by atoms with Crippen LogP contribution in [0.4, 0.5) is 24.7 Å². The van der Waals surface area contributed by atoms with Crippen molar-refractivity contribution in [3.8, 4) is 11.3 Å². The third kappa shape index (κ3) is 6.54. The Bertz CT molecular complexity index is 1610. The summed E-state index contributed by atoms with van der Waals surface area (Å²) in [6.07, 6.45) is 4.21. The number of nitrogens with zero attached hydrogens (tertiary/aromatic N) is 5. The molecule has 0 saturated heterocycles. The number of benzene rings is 1. The minimum absolute atomic E-state index is 0.120. The van der Waals surface area contributed by atoms with Gasteiger partial charge in [0, 0.05) is 48.8 Å². The molecule has 3 aromatic heterocycles. The zero-order chi connectivity index (χ0) is 30.6. The highest BCUT2D eigenvalue weighted by Gasteiger charge is 2.39. The third-order valence-electron chi connectivity index (χ3n) is 7.40. The Labute approximate surface area is 245 Å². The van der Waals surface area contributed by atoms with Gasteiger partial charge in [-0.25, -0.2) is 14.6 Å². The summed E-state index contributed by atoms with van der Waals surface area (Å²) >= 11 is 0. The Kier molecular flexibility index (Phi) is 9.06. The zero-order valence-electron chi connectivity index (χ0n) is 23.7. The summed E-state index contributed by atoms with van der Waals surface area (Å²) in [5.41, 5.74) is 6.32. The largest absolute Gasteiger partial charge is 0.435 e. The van der Waals surface area contributed by atoms with E-state index in [0.29, 0.717) is 62.6 Å². The summed E-state index contributed by atoms with van der Waals surface area (Å²) < 4.78 is 49.8. The molecular weight excluding hydrogens is 565 g/mol. The van der Waals surface area contributed by atoms with Crippen molar-refractivity contribution in [2.75, 3.05) is 31.6 Å². The number of hydrogen-bond donors (Lipinski definition) is 3. The highest BCUT2D eigenvalue weighted by molar-refractivity contribution is 5.96. The van der Waals surface area contributed by atoms with Crippen molar-refractivity contribution >= 4 is 29.0 Å². The lowest BCUT2D eigenvalue weighted by molar-refractivity contribution is -0.140. The predicted octanol–water partition coefficient (Wildman–Crippen LogP) is 4.45. The predicted molar refractivity (Wildman–Crippen MR) is 153 cm³/mol. The standard InChI is InChI=1S/C29H33F3N8O3/c1-2-18-15-20(7-8-21(18)27(41)35-11-14-43-13-9-33)37-25-26-36-16-23(39(26)12-10-34-25)22-17-40(38-24(22)29(30,31)32)28(42)19-5-3-4-6-19/h7-8,10,12,15-17,19H,2-6,9,11,13-14,33H2,1H3,(H,34,37)(H,35,41).